The summed E-state index contributed by atoms with van der Waals surface area (Å²) in [6, 6.07) is 0. The Morgan fingerprint density at radius 1 is 1.18 bits per heavy atom. The second-order valence-electron chi connectivity index (χ2n) is 3.02. The maximum absolute atomic E-state index is 10.3. The maximum Gasteiger partial charge on any atom is 0.00990 e. The van der Waals surface area contributed by atoms with Gasteiger partial charge in [-0.3, -0.25) is 0 Å². The lowest BCUT2D eigenvalue weighted by Crippen LogP contribution is -2.26. The molecule has 0 aliphatic carbocycles. The molecule has 0 atom stereocenters. The number of rotatable bonds is 4. The number of hydrogen-bond donors (Lipinski definition) is 0. The van der Waals surface area contributed by atoms with Gasteiger partial charge in [0.1, 0.15) is 0 Å². The summed E-state index contributed by atoms with van der Waals surface area (Å²) in [7, 11) is 0. The van der Waals surface area contributed by atoms with Crippen molar-refractivity contribution in [1.82, 2.24) is 0 Å². The van der Waals surface area contributed by atoms with Crippen LogP contribution in [0.1, 0.15) is 47.0 Å². The smallest absolute Gasteiger partial charge is 0.00990 e. The van der Waals surface area contributed by atoms with Gasteiger partial charge in [-0.15, -0.1) is 0 Å². The minimum absolute atomic E-state index is 0.0712. The fourth-order valence-electron chi connectivity index (χ4n) is 1.61. The van der Waals surface area contributed by atoms with Gasteiger partial charge in [-0.2, -0.15) is 0 Å². The molecule has 0 heterocycles. The Hall–Kier alpha value is -0.530. The van der Waals surface area contributed by atoms with Gasteiger partial charge >= 0.3 is 0 Å². The van der Waals surface area contributed by atoms with Crippen molar-refractivity contribution in [2.75, 3.05) is 0 Å². The molecular formula is C9H18NO-. The first kappa shape index (κ1) is 10.5. The van der Waals surface area contributed by atoms with E-state index >= 15 is 0 Å². The zero-order chi connectivity index (χ0) is 8.91. The molecule has 0 aromatic rings. The molecular weight excluding hydrogens is 138 g/mol. The highest BCUT2D eigenvalue weighted by molar-refractivity contribution is 5.88. The highest BCUT2D eigenvalue weighted by Crippen LogP contribution is 2.31. The third kappa shape index (κ3) is 1.95. The summed E-state index contributed by atoms with van der Waals surface area (Å²) in [5.74, 6) is 0. The predicted molar refractivity (Wildman–Crippen MR) is 49.8 cm³/mol. The molecule has 0 fully saturated rings. The van der Waals surface area contributed by atoms with Gasteiger partial charge in [0, 0.05) is 11.1 Å². The Morgan fingerprint density at radius 3 is 1.64 bits per heavy atom. The molecule has 0 rings (SSSR count). The Kier molecular flexibility index (Phi) is 4.16. The third-order valence-corrected chi connectivity index (χ3v) is 2.93. The van der Waals surface area contributed by atoms with E-state index in [-0.39, 0.29) is 5.41 Å². The summed E-state index contributed by atoms with van der Waals surface area (Å²) in [4.78, 5) is 0. The van der Waals surface area contributed by atoms with Crippen LogP contribution in [0.5, 0.6) is 0 Å². The molecule has 2 nitrogen and oxygen atoms in total. The first-order chi connectivity index (χ1) is 5.16. The maximum atomic E-state index is 10.3. The predicted octanol–water partition coefficient (Wildman–Crippen LogP) is 3.16. The van der Waals surface area contributed by atoms with Crippen LogP contribution >= 0.6 is 0 Å². The van der Waals surface area contributed by atoms with E-state index in [0.717, 1.165) is 25.0 Å². The van der Waals surface area contributed by atoms with E-state index in [1.165, 1.54) is 0 Å². The first-order valence-electron chi connectivity index (χ1n) is 4.34. The van der Waals surface area contributed by atoms with Crippen LogP contribution in [0.3, 0.4) is 0 Å². The molecule has 0 radical (unpaired) electrons. The van der Waals surface area contributed by atoms with Crippen molar-refractivity contribution in [2.45, 2.75) is 47.0 Å². The van der Waals surface area contributed by atoms with Crippen LogP contribution in [0, 0.1) is 10.6 Å². The van der Waals surface area contributed by atoms with Crippen LogP contribution in [-0.2, 0) is 0 Å². The van der Waals surface area contributed by atoms with Crippen LogP contribution in [0.4, 0.5) is 0 Å². The van der Waals surface area contributed by atoms with E-state index in [9.17, 15) is 5.21 Å². The Morgan fingerprint density at radius 2 is 1.55 bits per heavy atom. The van der Waals surface area contributed by atoms with Crippen molar-refractivity contribution in [3.63, 3.8) is 0 Å². The molecule has 0 aliphatic heterocycles. The highest BCUT2D eigenvalue weighted by Gasteiger charge is 2.25. The highest BCUT2D eigenvalue weighted by atomic mass is 16.4. The Labute approximate surface area is 69.3 Å². The van der Waals surface area contributed by atoms with Gasteiger partial charge < -0.3 is 10.4 Å². The van der Waals surface area contributed by atoms with E-state index in [0.29, 0.717) is 0 Å². The summed E-state index contributed by atoms with van der Waals surface area (Å²) in [5.41, 5.74) is 0.826. The van der Waals surface area contributed by atoms with Crippen LogP contribution in [0.15, 0.2) is 5.16 Å². The molecule has 66 valence electrons. The van der Waals surface area contributed by atoms with Crippen LogP contribution in [0.25, 0.3) is 0 Å². The topological polar surface area (TPSA) is 35.4 Å². The van der Waals surface area contributed by atoms with Crippen LogP contribution in [-0.4, -0.2) is 5.71 Å². The quantitative estimate of drug-likeness (QED) is 0.455. The lowest BCUT2D eigenvalue weighted by Gasteiger charge is -2.31. The molecule has 0 saturated heterocycles. The SMILES string of the molecule is CCC(CC)(CC)C(C)=N[O-]. The molecule has 0 unspecified atom stereocenters. The monoisotopic (exact) mass is 156 g/mol. The summed E-state index contributed by atoms with van der Waals surface area (Å²) in [6.45, 7) is 8.18. The van der Waals surface area contributed by atoms with Crippen molar-refractivity contribution in [3.05, 3.63) is 5.21 Å². The molecule has 0 aliphatic rings. The first-order valence-corrected chi connectivity index (χ1v) is 4.34. The standard InChI is InChI=1S/C9H19NO/c1-5-9(6-2,7-3)8(4)10-11/h11H,5-7H2,1-4H3/p-1. The Balaban J connectivity index is 4.54. The van der Waals surface area contributed by atoms with Gasteiger partial charge in [-0.05, 0) is 26.2 Å². The van der Waals surface area contributed by atoms with E-state index in [1.54, 1.807) is 0 Å². The lowest BCUT2D eigenvalue weighted by molar-refractivity contribution is 0.372. The van der Waals surface area contributed by atoms with Crippen molar-refractivity contribution in [3.8, 4) is 0 Å². The van der Waals surface area contributed by atoms with Gasteiger partial charge in [0.25, 0.3) is 0 Å². The van der Waals surface area contributed by atoms with E-state index < -0.39 is 0 Å². The van der Waals surface area contributed by atoms with E-state index in [4.69, 9.17) is 0 Å². The van der Waals surface area contributed by atoms with E-state index in [1.807, 2.05) is 6.92 Å². The molecule has 0 saturated carbocycles. The van der Waals surface area contributed by atoms with Gasteiger partial charge in [-0.25, -0.2) is 0 Å². The van der Waals surface area contributed by atoms with Gasteiger partial charge in [0.2, 0.25) is 0 Å². The minimum atomic E-state index is 0.0712. The largest absolute Gasteiger partial charge is 0.792 e. The fraction of sp³-hybridized carbons (Fsp3) is 0.889. The number of hydrogen-bond acceptors (Lipinski definition) is 2. The molecule has 0 aromatic carbocycles. The summed E-state index contributed by atoms with van der Waals surface area (Å²) >= 11 is 0. The normalized spacial score (nSPS) is 13.6. The van der Waals surface area contributed by atoms with Crippen molar-refractivity contribution >= 4 is 5.71 Å². The van der Waals surface area contributed by atoms with E-state index in [2.05, 4.69) is 25.9 Å². The third-order valence-electron chi connectivity index (χ3n) is 2.93. The average molecular weight is 156 g/mol. The van der Waals surface area contributed by atoms with Crippen LogP contribution in [0.2, 0.25) is 0 Å². The average Bonchev–Trinajstić information content (AvgIpc) is 2.08. The minimum Gasteiger partial charge on any atom is -0.792 e. The lowest BCUT2D eigenvalue weighted by atomic mass is 9.76. The van der Waals surface area contributed by atoms with Crippen molar-refractivity contribution in [1.29, 1.82) is 0 Å². The van der Waals surface area contributed by atoms with Gasteiger partial charge in [0.15, 0.2) is 0 Å². The van der Waals surface area contributed by atoms with Crippen molar-refractivity contribution < 1.29 is 0 Å². The summed E-state index contributed by atoms with van der Waals surface area (Å²) < 4.78 is 0. The Bertz CT molecular complexity index is 128. The van der Waals surface area contributed by atoms with Crippen molar-refractivity contribution in [2.24, 2.45) is 10.6 Å². The molecule has 2 heteroatoms. The zero-order valence-corrected chi connectivity index (χ0v) is 7.98. The van der Waals surface area contributed by atoms with Gasteiger partial charge in [0.05, 0.1) is 0 Å². The molecule has 0 aromatic heterocycles. The molecule has 0 N–H and O–H groups in total. The molecule has 0 amide bonds. The fourth-order valence-corrected chi connectivity index (χ4v) is 1.61. The second-order valence-corrected chi connectivity index (χ2v) is 3.02. The molecule has 11 heavy (non-hydrogen) atoms. The number of nitrogens with zero attached hydrogens (tertiary/aromatic N) is 1. The summed E-state index contributed by atoms with van der Waals surface area (Å²) in [6.07, 6.45) is 3.03. The second kappa shape index (κ2) is 4.37. The van der Waals surface area contributed by atoms with Gasteiger partial charge in [-0.1, -0.05) is 20.8 Å². The summed E-state index contributed by atoms with van der Waals surface area (Å²) in [5, 5.41) is 13.4. The molecule has 0 spiro atoms. The molecule has 0 bridgehead atoms. The zero-order valence-electron chi connectivity index (χ0n) is 7.98. The van der Waals surface area contributed by atoms with Crippen LogP contribution < -0.4 is 0 Å².